The van der Waals surface area contributed by atoms with Crippen LogP contribution in [0.15, 0.2) is 24.3 Å². The van der Waals surface area contributed by atoms with Gasteiger partial charge in [0.15, 0.2) is 0 Å². The van der Waals surface area contributed by atoms with Crippen molar-refractivity contribution in [2.45, 2.75) is 31.7 Å². The third kappa shape index (κ3) is 3.17. The fourth-order valence-corrected chi connectivity index (χ4v) is 2.92. The van der Waals surface area contributed by atoms with Gasteiger partial charge in [-0.05, 0) is 25.3 Å². The minimum absolute atomic E-state index is 0.00571. The van der Waals surface area contributed by atoms with Gasteiger partial charge in [-0.3, -0.25) is 9.59 Å². The Kier molecular flexibility index (Phi) is 4.08. The SMILES string of the molecule is O=C1CC[C@@H](C(=O)N[C@@H]2CCCOc3ccccc32)CN1. The van der Waals surface area contributed by atoms with Crippen molar-refractivity contribution in [1.29, 1.82) is 0 Å². The Morgan fingerprint density at radius 2 is 2.14 bits per heavy atom. The maximum Gasteiger partial charge on any atom is 0.225 e. The van der Waals surface area contributed by atoms with Crippen LogP contribution in [0.2, 0.25) is 0 Å². The van der Waals surface area contributed by atoms with Crippen molar-refractivity contribution < 1.29 is 14.3 Å². The number of nitrogens with one attached hydrogen (secondary N) is 2. The lowest BCUT2D eigenvalue weighted by Gasteiger charge is -2.25. The molecule has 2 N–H and O–H groups in total. The van der Waals surface area contributed by atoms with Gasteiger partial charge >= 0.3 is 0 Å². The van der Waals surface area contributed by atoms with E-state index < -0.39 is 0 Å². The third-order valence-corrected chi connectivity index (χ3v) is 4.14. The Balaban J connectivity index is 1.69. The zero-order valence-corrected chi connectivity index (χ0v) is 11.9. The maximum absolute atomic E-state index is 12.4. The van der Waals surface area contributed by atoms with E-state index >= 15 is 0 Å². The molecule has 5 heteroatoms. The molecule has 5 nitrogen and oxygen atoms in total. The van der Waals surface area contributed by atoms with Crippen LogP contribution in [0.3, 0.4) is 0 Å². The van der Waals surface area contributed by atoms with Crippen molar-refractivity contribution in [1.82, 2.24) is 10.6 Å². The van der Waals surface area contributed by atoms with E-state index in [9.17, 15) is 9.59 Å². The van der Waals surface area contributed by atoms with E-state index in [1.807, 2.05) is 24.3 Å². The molecule has 2 amide bonds. The molecule has 1 aromatic carbocycles. The highest BCUT2D eigenvalue weighted by atomic mass is 16.5. The number of amides is 2. The zero-order valence-electron chi connectivity index (χ0n) is 11.9. The number of piperidine rings is 1. The first-order valence-corrected chi connectivity index (χ1v) is 7.53. The van der Waals surface area contributed by atoms with Gasteiger partial charge in [-0.15, -0.1) is 0 Å². The van der Waals surface area contributed by atoms with E-state index in [4.69, 9.17) is 4.74 Å². The van der Waals surface area contributed by atoms with E-state index in [1.165, 1.54) is 0 Å². The number of rotatable bonds is 2. The van der Waals surface area contributed by atoms with Gasteiger partial charge in [0.2, 0.25) is 11.8 Å². The second kappa shape index (κ2) is 6.16. The first kappa shape index (κ1) is 13.9. The summed E-state index contributed by atoms with van der Waals surface area (Å²) in [6.07, 6.45) is 2.86. The lowest BCUT2D eigenvalue weighted by molar-refractivity contribution is -0.129. The van der Waals surface area contributed by atoms with Crippen LogP contribution in [0.4, 0.5) is 0 Å². The normalized spacial score (nSPS) is 25.0. The average molecular weight is 288 g/mol. The standard InChI is InChI=1S/C16H20N2O3/c19-15-8-7-11(10-17-15)16(20)18-13-5-3-9-21-14-6-2-1-4-12(13)14/h1-2,4,6,11,13H,3,5,7-10H2,(H,17,19)(H,18,20)/t11-,13-/m1/s1. The Morgan fingerprint density at radius 3 is 2.95 bits per heavy atom. The number of carbonyl (C=O) groups is 2. The van der Waals surface area contributed by atoms with Gasteiger partial charge in [0.25, 0.3) is 0 Å². The van der Waals surface area contributed by atoms with Gasteiger partial charge in [0.05, 0.1) is 18.6 Å². The Morgan fingerprint density at radius 1 is 1.29 bits per heavy atom. The molecule has 0 spiro atoms. The van der Waals surface area contributed by atoms with Crippen molar-refractivity contribution in [2.75, 3.05) is 13.2 Å². The minimum atomic E-state index is -0.126. The van der Waals surface area contributed by atoms with Crippen molar-refractivity contribution in [2.24, 2.45) is 5.92 Å². The molecule has 0 aromatic heterocycles. The van der Waals surface area contributed by atoms with E-state index in [2.05, 4.69) is 10.6 Å². The zero-order chi connectivity index (χ0) is 14.7. The van der Waals surface area contributed by atoms with E-state index in [-0.39, 0.29) is 23.8 Å². The van der Waals surface area contributed by atoms with Crippen LogP contribution in [-0.2, 0) is 9.59 Å². The van der Waals surface area contributed by atoms with Crippen molar-refractivity contribution >= 4 is 11.8 Å². The molecule has 21 heavy (non-hydrogen) atoms. The van der Waals surface area contributed by atoms with Gasteiger partial charge in [-0.1, -0.05) is 18.2 Å². The van der Waals surface area contributed by atoms with Gasteiger partial charge in [0, 0.05) is 18.5 Å². The van der Waals surface area contributed by atoms with Crippen LogP contribution in [0.5, 0.6) is 5.75 Å². The molecule has 1 saturated heterocycles. The molecule has 1 aromatic rings. The molecule has 0 radical (unpaired) electrons. The summed E-state index contributed by atoms with van der Waals surface area (Å²) < 4.78 is 5.71. The van der Waals surface area contributed by atoms with Gasteiger partial charge in [-0.25, -0.2) is 0 Å². The third-order valence-electron chi connectivity index (χ3n) is 4.14. The van der Waals surface area contributed by atoms with Crippen molar-refractivity contribution in [3.05, 3.63) is 29.8 Å². The van der Waals surface area contributed by atoms with Crippen LogP contribution in [0.25, 0.3) is 0 Å². The molecule has 3 rings (SSSR count). The highest BCUT2D eigenvalue weighted by Crippen LogP contribution is 2.31. The molecule has 2 aliphatic rings. The van der Waals surface area contributed by atoms with Crippen LogP contribution >= 0.6 is 0 Å². The molecule has 0 bridgehead atoms. The molecule has 0 unspecified atom stereocenters. The topological polar surface area (TPSA) is 67.4 Å². The molecule has 2 atom stereocenters. The first-order chi connectivity index (χ1) is 10.2. The van der Waals surface area contributed by atoms with E-state index in [1.54, 1.807) is 0 Å². The summed E-state index contributed by atoms with van der Waals surface area (Å²) in [5.74, 6) is 0.792. The number of carbonyl (C=O) groups excluding carboxylic acids is 2. The molecule has 1 fully saturated rings. The number of fused-ring (bicyclic) bond motifs is 1. The summed E-state index contributed by atoms with van der Waals surface area (Å²) in [5.41, 5.74) is 1.04. The van der Waals surface area contributed by atoms with Crippen molar-refractivity contribution in [3.8, 4) is 5.75 Å². The quantitative estimate of drug-likeness (QED) is 0.867. The summed E-state index contributed by atoms with van der Waals surface area (Å²) in [5, 5.41) is 5.89. The highest BCUT2D eigenvalue weighted by molar-refractivity contribution is 5.84. The Bertz CT molecular complexity index is 534. The number of hydrogen-bond donors (Lipinski definition) is 2. The lowest BCUT2D eigenvalue weighted by atomic mass is 9.96. The maximum atomic E-state index is 12.4. The predicted molar refractivity (Wildman–Crippen MR) is 77.8 cm³/mol. The minimum Gasteiger partial charge on any atom is -0.493 e. The molecule has 112 valence electrons. The monoisotopic (exact) mass is 288 g/mol. The molecule has 0 saturated carbocycles. The van der Waals surface area contributed by atoms with Crippen LogP contribution in [-0.4, -0.2) is 25.0 Å². The second-order valence-electron chi connectivity index (χ2n) is 5.63. The fourth-order valence-electron chi connectivity index (χ4n) is 2.92. The van der Waals surface area contributed by atoms with Gasteiger partial charge < -0.3 is 15.4 Å². The van der Waals surface area contributed by atoms with E-state index in [0.29, 0.717) is 26.0 Å². The largest absolute Gasteiger partial charge is 0.493 e. The molecule has 0 aliphatic carbocycles. The van der Waals surface area contributed by atoms with Gasteiger partial charge in [0.1, 0.15) is 5.75 Å². The van der Waals surface area contributed by atoms with E-state index in [0.717, 1.165) is 24.2 Å². The number of hydrogen-bond acceptors (Lipinski definition) is 3. The number of benzene rings is 1. The summed E-state index contributed by atoms with van der Waals surface area (Å²) in [7, 11) is 0. The Hall–Kier alpha value is -2.04. The molecule has 2 heterocycles. The number of para-hydroxylation sites is 1. The highest BCUT2D eigenvalue weighted by Gasteiger charge is 2.28. The summed E-state index contributed by atoms with van der Waals surface area (Å²) in [6.45, 7) is 1.12. The summed E-state index contributed by atoms with van der Waals surface area (Å²) >= 11 is 0. The fraction of sp³-hybridized carbons (Fsp3) is 0.500. The predicted octanol–water partition coefficient (Wildman–Crippen LogP) is 1.54. The van der Waals surface area contributed by atoms with Crippen LogP contribution in [0.1, 0.15) is 37.3 Å². The summed E-state index contributed by atoms with van der Waals surface area (Å²) in [6, 6.07) is 7.86. The van der Waals surface area contributed by atoms with Crippen LogP contribution < -0.4 is 15.4 Å². The first-order valence-electron chi connectivity index (χ1n) is 7.53. The van der Waals surface area contributed by atoms with Gasteiger partial charge in [-0.2, -0.15) is 0 Å². The number of ether oxygens (including phenoxy) is 1. The Labute approximate surface area is 124 Å². The lowest BCUT2D eigenvalue weighted by Crippen LogP contribution is -2.43. The smallest absolute Gasteiger partial charge is 0.225 e. The van der Waals surface area contributed by atoms with Crippen LogP contribution in [0, 0.1) is 5.92 Å². The molecular weight excluding hydrogens is 268 g/mol. The second-order valence-corrected chi connectivity index (χ2v) is 5.63. The molecule has 2 aliphatic heterocycles. The molecular formula is C16H20N2O3. The summed E-state index contributed by atoms with van der Waals surface area (Å²) in [4.78, 5) is 23.6. The van der Waals surface area contributed by atoms with Crippen molar-refractivity contribution in [3.63, 3.8) is 0 Å². The average Bonchev–Trinajstić information content (AvgIpc) is 2.71.